The average Bonchev–Trinajstić information content (AvgIpc) is 2.42. The van der Waals surface area contributed by atoms with Gasteiger partial charge in [-0.05, 0) is 51.8 Å². The highest BCUT2D eigenvalue weighted by molar-refractivity contribution is 9.11. The summed E-state index contributed by atoms with van der Waals surface area (Å²) in [7, 11) is 0. The molecule has 0 aliphatic rings. The van der Waals surface area contributed by atoms with Crippen LogP contribution in [0.4, 0.5) is 0 Å². The van der Waals surface area contributed by atoms with Crippen molar-refractivity contribution in [1.82, 2.24) is 0 Å². The van der Waals surface area contributed by atoms with Crippen LogP contribution in [0.5, 0.6) is 11.5 Å². The number of nitrogens with zero attached hydrogens (tertiary/aromatic N) is 1. The minimum atomic E-state index is -0.100. The monoisotopic (exact) mass is 381 g/mol. The maximum atomic E-state index is 9.10. The van der Waals surface area contributed by atoms with Gasteiger partial charge >= 0.3 is 0 Å². The van der Waals surface area contributed by atoms with Crippen molar-refractivity contribution in [3.8, 4) is 17.6 Å². The molecule has 1 N–H and O–H groups in total. The Kier molecular flexibility index (Phi) is 4.59. The second-order valence-corrected chi connectivity index (χ2v) is 5.55. The van der Waals surface area contributed by atoms with Gasteiger partial charge in [-0.1, -0.05) is 22.0 Å². The van der Waals surface area contributed by atoms with Crippen molar-refractivity contribution in [1.29, 1.82) is 5.26 Å². The maximum Gasteiger partial charge on any atom is 0.145 e. The maximum absolute atomic E-state index is 9.10. The van der Waals surface area contributed by atoms with Gasteiger partial charge in [0.05, 0.1) is 16.6 Å². The van der Waals surface area contributed by atoms with Gasteiger partial charge in [0.1, 0.15) is 17.6 Å². The standard InChI is InChI=1S/C14H9Br2NO2/c15-11-2-4-14(12(16)6-11)19-13-3-1-9(8-18)5-10(13)7-17/h1-6,18H,8H2. The van der Waals surface area contributed by atoms with Gasteiger partial charge in [0, 0.05) is 4.47 Å². The topological polar surface area (TPSA) is 53.2 Å². The van der Waals surface area contributed by atoms with E-state index in [1.54, 1.807) is 24.3 Å². The average molecular weight is 383 g/mol. The largest absolute Gasteiger partial charge is 0.455 e. The van der Waals surface area contributed by atoms with E-state index >= 15 is 0 Å². The van der Waals surface area contributed by atoms with Crippen molar-refractivity contribution in [2.24, 2.45) is 0 Å². The van der Waals surface area contributed by atoms with Crippen LogP contribution in [-0.2, 0) is 6.61 Å². The van der Waals surface area contributed by atoms with E-state index in [2.05, 4.69) is 37.9 Å². The van der Waals surface area contributed by atoms with Crippen molar-refractivity contribution in [3.63, 3.8) is 0 Å². The van der Waals surface area contributed by atoms with Gasteiger partial charge in [-0.15, -0.1) is 0 Å². The molecule has 0 spiro atoms. The molecule has 0 heterocycles. The van der Waals surface area contributed by atoms with E-state index < -0.39 is 0 Å². The highest BCUT2D eigenvalue weighted by atomic mass is 79.9. The van der Waals surface area contributed by atoms with E-state index in [1.165, 1.54) is 0 Å². The molecule has 0 atom stereocenters. The van der Waals surface area contributed by atoms with E-state index in [0.29, 0.717) is 22.6 Å². The molecule has 0 aliphatic carbocycles. The Morgan fingerprint density at radius 1 is 1.11 bits per heavy atom. The minimum Gasteiger partial charge on any atom is -0.455 e. The molecule has 2 aromatic rings. The molecule has 0 unspecified atom stereocenters. The van der Waals surface area contributed by atoms with Crippen LogP contribution >= 0.6 is 31.9 Å². The first-order valence-corrected chi connectivity index (χ1v) is 6.99. The summed E-state index contributed by atoms with van der Waals surface area (Å²) in [5, 5.41) is 18.1. The molecule has 0 saturated heterocycles. The SMILES string of the molecule is N#Cc1cc(CO)ccc1Oc1ccc(Br)cc1Br. The van der Waals surface area contributed by atoms with E-state index in [9.17, 15) is 0 Å². The summed E-state index contributed by atoms with van der Waals surface area (Å²) < 4.78 is 7.44. The summed E-state index contributed by atoms with van der Waals surface area (Å²) in [4.78, 5) is 0. The minimum absolute atomic E-state index is 0.100. The molecule has 96 valence electrons. The van der Waals surface area contributed by atoms with Crippen molar-refractivity contribution in [2.75, 3.05) is 0 Å². The second kappa shape index (κ2) is 6.20. The molecule has 0 aliphatic heterocycles. The van der Waals surface area contributed by atoms with Crippen LogP contribution in [0.1, 0.15) is 11.1 Å². The Labute approximate surface area is 127 Å². The zero-order chi connectivity index (χ0) is 13.8. The molecule has 0 radical (unpaired) electrons. The third-order valence-electron chi connectivity index (χ3n) is 2.46. The van der Waals surface area contributed by atoms with E-state index in [1.807, 2.05) is 12.1 Å². The normalized spacial score (nSPS) is 10.0. The van der Waals surface area contributed by atoms with Crippen molar-refractivity contribution in [3.05, 3.63) is 56.5 Å². The van der Waals surface area contributed by atoms with Crippen LogP contribution in [0.3, 0.4) is 0 Å². The summed E-state index contributed by atoms with van der Waals surface area (Å²) in [6.07, 6.45) is 0. The Bertz CT molecular complexity index is 650. The lowest BCUT2D eigenvalue weighted by molar-refractivity contribution is 0.281. The molecule has 5 heteroatoms. The Balaban J connectivity index is 2.35. The third kappa shape index (κ3) is 3.35. The molecule has 0 fully saturated rings. The fourth-order valence-electron chi connectivity index (χ4n) is 1.53. The van der Waals surface area contributed by atoms with Crippen LogP contribution in [-0.4, -0.2) is 5.11 Å². The molecule has 0 saturated carbocycles. The summed E-state index contributed by atoms with van der Waals surface area (Å²) in [5.74, 6) is 1.08. The van der Waals surface area contributed by atoms with Crippen LogP contribution < -0.4 is 4.74 Å². The molecular weight excluding hydrogens is 374 g/mol. The molecule has 19 heavy (non-hydrogen) atoms. The molecule has 0 aromatic heterocycles. The van der Waals surface area contributed by atoms with Crippen LogP contribution in [0.25, 0.3) is 0 Å². The molecule has 3 nitrogen and oxygen atoms in total. The zero-order valence-corrected chi connectivity index (χ0v) is 12.9. The quantitative estimate of drug-likeness (QED) is 0.857. The van der Waals surface area contributed by atoms with Crippen LogP contribution in [0.15, 0.2) is 45.3 Å². The van der Waals surface area contributed by atoms with Crippen molar-refractivity contribution < 1.29 is 9.84 Å². The molecule has 2 aromatic carbocycles. The summed E-state index contributed by atoms with van der Waals surface area (Å²) in [6, 6.07) is 12.6. The highest BCUT2D eigenvalue weighted by Crippen LogP contribution is 2.33. The lowest BCUT2D eigenvalue weighted by atomic mass is 10.1. The summed E-state index contributed by atoms with van der Waals surface area (Å²) in [6.45, 7) is -0.100. The Morgan fingerprint density at radius 2 is 1.84 bits per heavy atom. The molecular formula is C14H9Br2NO2. The number of benzene rings is 2. The third-order valence-corrected chi connectivity index (χ3v) is 3.57. The van der Waals surface area contributed by atoms with Crippen molar-refractivity contribution in [2.45, 2.75) is 6.61 Å². The number of rotatable bonds is 3. The first-order valence-electron chi connectivity index (χ1n) is 5.41. The lowest BCUT2D eigenvalue weighted by Gasteiger charge is -2.10. The predicted octanol–water partition coefficient (Wildman–Crippen LogP) is 4.37. The van der Waals surface area contributed by atoms with Gasteiger partial charge < -0.3 is 9.84 Å². The number of aliphatic hydroxyl groups excluding tert-OH is 1. The van der Waals surface area contributed by atoms with E-state index in [-0.39, 0.29) is 6.61 Å². The lowest BCUT2D eigenvalue weighted by Crippen LogP contribution is -1.92. The molecule has 0 bridgehead atoms. The fourth-order valence-corrected chi connectivity index (χ4v) is 2.66. The molecule has 0 amide bonds. The zero-order valence-electron chi connectivity index (χ0n) is 9.73. The predicted molar refractivity (Wildman–Crippen MR) is 79.0 cm³/mol. The van der Waals surface area contributed by atoms with Gasteiger partial charge in [-0.25, -0.2) is 0 Å². The fraction of sp³-hybridized carbons (Fsp3) is 0.0714. The van der Waals surface area contributed by atoms with E-state index in [0.717, 1.165) is 8.95 Å². The number of hydrogen-bond donors (Lipinski definition) is 1. The first kappa shape index (κ1) is 14.1. The number of hydrogen-bond acceptors (Lipinski definition) is 3. The number of halogens is 2. The van der Waals surface area contributed by atoms with Gasteiger partial charge in [0.25, 0.3) is 0 Å². The van der Waals surface area contributed by atoms with Crippen molar-refractivity contribution >= 4 is 31.9 Å². The number of aliphatic hydroxyl groups is 1. The van der Waals surface area contributed by atoms with Crippen LogP contribution in [0.2, 0.25) is 0 Å². The summed E-state index contributed by atoms with van der Waals surface area (Å²) in [5.41, 5.74) is 1.07. The number of ether oxygens (including phenoxy) is 1. The molecule has 2 rings (SSSR count). The Hall–Kier alpha value is -1.35. The highest BCUT2D eigenvalue weighted by Gasteiger charge is 2.08. The summed E-state index contributed by atoms with van der Waals surface area (Å²) >= 11 is 6.76. The van der Waals surface area contributed by atoms with Gasteiger partial charge in [-0.2, -0.15) is 5.26 Å². The smallest absolute Gasteiger partial charge is 0.145 e. The van der Waals surface area contributed by atoms with Gasteiger partial charge in [0.2, 0.25) is 0 Å². The van der Waals surface area contributed by atoms with E-state index in [4.69, 9.17) is 15.1 Å². The van der Waals surface area contributed by atoms with Gasteiger partial charge in [0.15, 0.2) is 0 Å². The first-order chi connectivity index (χ1) is 9.13. The Morgan fingerprint density at radius 3 is 2.47 bits per heavy atom. The van der Waals surface area contributed by atoms with Gasteiger partial charge in [-0.3, -0.25) is 0 Å². The number of nitriles is 1. The second-order valence-electron chi connectivity index (χ2n) is 3.78. The van der Waals surface area contributed by atoms with Crippen LogP contribution in [0, 0.1) is 11.3 Å².